The standard InChI is InChI=1S/C12H19BrN2/c1-3-9(2)15-12(8-14)10-5-4-6-11(13)7-10/h4-7,9,12,15H,3,8,14H2,1-2H3. The highest BCUT2D eigenvalue weighted by Gasteiger charge is 2.11. The van der Waals surface area contributed by atoms with Crippen LogP contribution in [-0.2, 0) is 0 Å². The van der Waals surface area contributed by atoms with Crippen LogP contribution in [0, 0.1) is 0 Å². The van der Waals surface area contributed by atoms with E-state index in [9.17, 15) is 0 Å². The zero-order valence-electron chi connectivity index (χ0n) is 9.33. The van der Waals surface area contributed by atoms with Gasteiger partial charge in [0.05, 0.1) is 0 Å². The lowest BCUT2D eigenvalue weighted by atomic mass is 10.1. The number of hydrogen-bond donors (Lipinski definition) is 2. The lowest BCUT2D eigenvalue weighted by Crippen LogP contribution is -2.34. The van der Waals surface area contributed by atoms with Crippen LogP contribution in [0.15, 0.2) is 28.7 Å². The highest BCUT2D eigenvalue weighted by Crippen LogP contribution is 2.18. The smallest absolute Gasteiger partial charge is 0.0446 e. The number of halogens is 1. The first-order valence-electron chi connectivity index (χ1n) is 5.39. The maximum Gasteiger partial charge on any atom is 0.0446 e. The van der Waals surface area contributed by atoms with Crippen LogP contribution in [0.4, 0.5) is 0 Å². The summed E-state index contributed by atoms with van der Waals surface area (Å²) in [7, 11) is 0. The zero-order valence-corrected chi connectivity index (χ0v) is 10.9. The van der Waals surface area contributed by atoms with Gasteiger partial charge in [-0.3, -0.25) is 0 Å². The van der Waals surface area contributed by atoms with Crippen molar-refractivity contribution in [2.45, 2.75) is 32.4 Å². The van der Waals surface area contributed by atoms with Gasteiger partial charge in [0.25, 0.3) is 0 Å². The summed E-state index contributed by atoms with van der Waals surface area (Å²) < 4.78 is 1.10. The molecule has 0 radical (unpaired) electrons. The molecule has 0 spiro atoms. The molecule has 1 aromatic carbocycles. The Morgan fingerprint density at radius 3 is 2.73 bits per heavy atom. The van der Waals surface area contributed by atoms with Crippen molar-refractivity contribution in [3.63, 3.8) is 0 Å². The lowest BCUT2D eigenvalue weighted by molar-refractivity contribution is 0.452. The van der Waals surface area contributed by atoms with Crippen LogP contribution in [0.5, 0.6) is 0 Å². The number of benzene rings is 1. The predicted octanol–water partition coefficient (Wildman–Crippen LogP) is 2.84. The molecule has 1 rings (SSSR count). The molecule has 0 bridgehead atoms. The van der Waals surface area contributed by atoms with Gasteiger partial charge in [0.1, 0.15) is 0 Å². The first-order chi connectivity index (χ1) is 7.17. The third-order valence-corrected chi connectivity index (χ3v) is 3.08. The summed E-state index contributed by atoms with van der Waals surface area (Å²) >= 11 is 3.47. The minimum absolute atomic E-state index is 0.248. The molecule has 0 aliphatic rings. The van der Waals surface area contributed by atoms with E-state index in [1.165, 1.54) is 5.56 Å². The molecule has 0 saturated carbocycles. The molecule has 0 saturated heterocycles. The molecule has 0 heterocycles. The topological polar surface area (TPSA) is 38.0 Å². The van der Waals surface area contributed by atoms with Crippen LogP contribution in [0.25, 0.3) is 0 Å². The first-order valence-corrected chi connectivity index (χ1v) is 6.18. The van der Waals surface area contributed by atoms with Crippen LogP contribution >= 0.6 is 15.9 Å². The summed E-state index contributed by atoms with van der Waals surface area (Å²) in [6, 6.07) is 9.04. The summed E-state index contributed by atoms with van der Waals surface area (Å²) in [5.41, 5.74) is 7.02. The van der Waals surface area contributed by atoms with Gasteiger partial charge in [-0.15, -0.1) is 0 Å². The lowest BCUT2D eigenvalue weighted by Gasteiger charge is -2.21. The Bertz CT molecular complexity index is 301. The molecule has 0 aromatic heterocycles. The quantitative estimate of drug-likeness (QED) is 0.864. The third kappa shape index (κ3) is 3.93. The molecule has 0 aliphatic heterocycles. The molecule has 3 heteroatoms. The van der Waals surface area contributed by atoms with Crippen molar-refractivity contribution < 1.29 is 0 Å². The molecular formula is C12H19BrN2. The van der Waals surface area contributed by atoms with E-state index in [0.717, 1.165) is 10.9 Å². The summed E-state index contributed by atoms with van der Waals surface area (Å²) in [5, 5.41) is 3.51. The molecule has 15 heavy (non-hydrogen) atoms. The van der Waals surface area contributed by atoms with Crippen molar-refractivity contribution in [1.82, 2.24) is 5.32 Å². The van der Waals surface area contributed by atoms with Gasteiger partial charge in [-0.05, 0) is 31.0 Å². The number of hydrogen-bond acceptors (Lipinski definition) is 2. The predicted molar refractivity (Wildman–Crippen MR) is 68.8 cm³/mol. The Morgan fingerprint density at radius 1 is 1.47 bits per heavy atom. The van der Waals surface area contributed by atoms with Gasteiger partial charge >= 0.3 is 0 Å². The Hall–Kier alpha value is -0.380. The van der Waals surface area contributed by atoms with Crippen molar-refractivity contribution in [1.29, 1.82) is 0 Å². The fraction of sp³-hybridized carbons (Fsp3) is 0.500. The number of nitrogens with two attached hydrogens (primary N) is 1. The van der Waals surface area contributed by atoms with Gasteiger partial charge in [-0.1, -0.05) is 35.0 Å². The van der Waals surface area contributed by atoms with Gasteiger partial charge in [-0.25, -0.2) is 0 Å². The highest BCUT2D eigenvalue weighted by molar-refractivity contribution is 9.10. The molecule has 3 N–H and O–H groups in total. The van der Waals surface area contributed by atoms with Gasteiger partial charge in [-0.2, -0.15) is 0 Å². The fourth-order valence-electron chi connectivity index (χ4n) is 1.48. The van der Waals surface area contributed by atoms with E-state index in [-0.39, 0.29) is 6.04 Å². The Labute approximate surface area is 100 Å². The Kier molecular flexibility index (Phi) is 5.29. The second-order valence-electron chi connectivity index (χ2n) is 3.82. The van der Waals surface area contributed by atoms with Gasteiger partial charge < -0.3 is 11.1 Å². The van der Waals surface area contributed by atoms with Gasteiger partial charge in [0.15, 0.2) is 0 Å². The Balaban J connectivity index is 2.73. The molecule has 0 amide bonds. The van der Waals surface area contributed by atoms with Gasteiger partial charge in [0.2, 0.25) is 0 Å². The number of nitrogens with one attached hydrogen (secondary N) is 1. The zero-order chi connectivity index (χ0) is 11.3. The monoisotopic (exact) mass is 270 g/mol. The molecule has 2 unspecified atom stereocenters. The molecule has 0 aliphatic carbocycles. The first kappa shape index (κ1) is 12.7. The van der Waals surface area contributed by atoms with Crippen LogP contribution in [0.1, 0.15) is 31.9 Å². The molecule has 2 atom stereocenters. The van der Waals surface area contributed by atoms with Gasteiger partial charge in [0, 0.05) is 23.1 Å². The van der Waals surface area contributed by atoms with Crippen molar-refractivity contribution in [3.8, 4) is 0 Å². The minimum Gasteiger partial charge on any atom is -0.329 e. The maximum absolute atomic E-state index is 5.78. The second kappa shape index (κ2) is 6.26. The van der Waals surface area contributed by atoms with E-state index < -0.39 is 0 Å². The van der Waals surface area contributed by atoms with Crippen molar-refractivity contribution in [3.05, 3.63) is 34.3 Å². The number of rotatable bonds is 5. The molecule has 1 aromatic rings. The molecule has 0 fully saturated rings. The minimum atomic E-state index is 0.248. The molecular weight excluding hydrogens is 252 g/mol. The van der Waals surface area contributed by atoms with E-state index >= 15 is 0 Å². The van der Waals surface area contributed by atoms with Crippen LogP contribution in [0.2, 0.25) is 0 Å². The second-order valence-corrected chi connectivity index (χ2v) is 4.73. The summed E-state index contributed by atoms with van der Waals surface area (Å²) in [5.74, 6) is 0. The SMILES string of the molecule is CCC(C)NC(CN)c1cccc(Br)c1. The van der Waals surface area contributed by atoms with Crippen LogP contribution < -0.4 is 11.1 Å². The fourth-order valence-corrected chi connectivity index (χ4v) is 1.90. The van der Waals surface area contributed by atoms with Crippen molar-refractivity contribution in [2.24, 2.45) is 5.73 Å². The highest BCUT2D eigenvalue weighted by atomic mass is 79.9. The largest absolute Gasteiger partial charge is 0.329 e. The van der Waals surface area contributed by atoms with Crippen molar-refractivity contribution in [2.75, 3.05) is 6.54 Å². The normalized spacial score (nSPS) is 14.9. The molecule has 2 nitrogen and oxygen atoms in total. The van der Waals surface area contributed by atoms with Crippen molar-refractivity contribution >= 4 is 15.9 Å². The van der Waals surface area contributed by atoms with E-state index in [2.05, 4.69) is 47.2 Å². The average Bonchev–Trinajstić information content (AvgIpc) is 2.25. The van der Waals surface area contributed by atoms with E-state index in [0.29, 0.717) is 12.6 Å². The average molecular weight is 271 g/mol. The van der Waals surface area contributed by atoms with Crippen LogP contribution in [0.3, 0.4) is 0 Å². The van der Waals surface area contributed by atoms with E-state index in [1.54, 1.807) is 0 Å². The summed E-state index contributed by atoms with van der Waals surface area (Å²) in [6.45, 7) is 4.98. The summed E-state index contributed by atoms with van der Waals surface area (Å²) in [6.07, 6.45) is 1.12. The maximum atomic E-state index is 5.78. The molecule has 84 valence electrons. The van der Waals surface area contributed by atoms with E-state index in [1.807, 2.05) is 12.1 Å². The summed E-state index contributed by atoms with van der Waals surface area (Å²) in [4.78, 5) is 0. The third-order valence-electron chi connectivity index (χ3n) is 2.58. The van der Waals surface area contributed by atoms with Crippen LogP contribution in [-0.4, -0.2) is 12.6 Å². The van der Waals surface area contributed by atoms with E-state index in [4.69, 9.17) is 5.73 Å². The Morgan fingerprint density at radius 2 is 2.20 bits per heavy atom.